The Labute approximate surface area is 159 Å². The second-order valence-corrected chi connectivity index (χ2v) is 8.23. The first kappa shape index (κ1) is 17.4. The molecule has 2 aromatic heterocycles. The van der Waals surface area contributed by atoms with Crippen LogP contribution in [-0.4, -0.2) is 15.6 Å². The molecule has 3 heterocycles. The monoisotopic (exact) mass is 387 g/mol. The fraction of sp³-hybridized carbons (Fsp3) is 0.250. The van der Waals surface area contributed by atoms with Crippen molar-refractivity contribution in [2.75, 3.05) is 0 Å². The number of hydrogen-bond acceptors (Lipinski definition) is 3. The van der Waals surface area contributed by atoms with Gasteiger partial charge in [0.2, 0.25) is 0 Å². The lowest BCUT2D eigenvalue weighted by Gasteiger charge is -2.10. The maximum absolute atomic E-state index is 14.4. The zero-order chi connectivity index (χ0) is 18.3. The summed E-state index contributed by atoms with van der Waals surface area (Å²) in [6.07, 6.45) is 2.86. The van der Waals surface area contributed by atoms with Gasteiger partial charge in [0.05, 0.1) is 11.9 Å². The molecule has 26 heavy (non-hydrogen) atoms. The van der Waals surface area contributed by atoms with E-state index in [9.17, 15) is 14.3 Å². The smallest absolute Gasteiger partial charge is 0.304 e. The Kier molecular flexibility index (Phi) is 4.63. The summed E-state index contributed by atoms with van der Waals surface area (Å²) in [7, 11) is 0. The molecule has 0 spiro atoms. The number of aliphatic carboxylic acids is 1. The van der Waals surface area contributed by atoms with Crippen LogP contribution in [-0.2, 0) is 11.3 Å². The summed E-state index contributed by atoms with van der Waals surface area (Å²) < 4.78 is 16.5. The molecule has 0 saturated heterocycles. The Bertz CT molecular complexity index is 1000. The van der Waals surface area contributed by atoms with Gasteiger partial charge in [-0.15, -0.1) is 11.3 Å². The van der Waals surface area contributed by atoms with Crippen molar-refractivity contribution in [3.63, 3.8) is 0 Å². The number of carbonyl (C=O) groups is 1. The normalized spacial score (nSPS) is 16.6. The minimum absolute atomic E-state index is 0.0353. The Morgan fingerprint density at radius 1 is 1.50 bits per heavy atom. The molecule has 0 fully saturated rings. The SMILES string of the molecule is C/C=C/Sc1c2n(c3cc(F)cc(-c4cccs4)c13)CCC2CC(=O)O. The van der Waals surface area contributed by atoms with E-state index in [1.807, 2.05) is 35.9 Å². The molecule has 3 aromatic rings. The first-order chi connectivity index (χ1) is 12.6. The highest BCUT2D eigenvalue weighted by molar-refractivity contribution is 8.02. The highest BCUT2D eigenvalue weighted by Gasteiger charge is 2.32. The van der Waals surface area contributed by atoms with Crippen molar-refractivity contribution in [3.8, 4) is 10.4 Å². The predicted octanol–water partition coefficient (Wildman–Crippen LogP) is 6.10. The van der Waals surface area contributed by atoms with Crippen molar-refractivity contribution in [1.29, 1.82) is 0 Å². The third-order valence-electron chi connectivity index (χ3n) is 4.74. The maximum Gasteiger partial charge on any atom is 0.304 e. The molecular formula is C20H18FNO2S2. The maximum atomic E-state index is 14.4. The third-order valence-corrected chi connectivity index (χ3v) is 6.70. The number of thiophene rings is 1. The molecular weight excluding hydrogens is 369 g/mol. The lowest BCUT2D eigenvalue weighted by molar-refractivity contribution is -0.137. The standard InChI is InChI=1S/C20H18FNO2S2/c1-2-7-26-20-18-14(16-4-3-8-25-16)10-13(21)11-15(18)22-6-5-12(19(20)22)9-17(23)24/h2-4,7-8,10-12H,5-6,9H2,1H3,(H,23,24)/b7-2+. The number of thioether (sulfide) groups is 1. The van der Waals surface area contributed by atoms with Crippen molar-refractivity contribution < 1.29 is 14.3 Å². The number of carboxylic acids is 1. The summed E-state index contributed by atoms with van der Waals surface area (Å²) >= 11 is 3.18. The van der Waals surface area contributed by atoms with Gasteiger partial charge in [-0.25, -0.2) is 4.39 Å². The van der Waals surface area contributed by atoms with Gasteiger partial charge in [0.15, 0.2) is 0 Å². The van der Waals surface area contributed by atoms with Gasteiger partial charge in [0, 0.05) is 38.9 Å². The highest BCUT2D eigenvalue weighted by Crippen LogP contribution is 2.48. The van der Waals surface area contributed by atoms with Crippen LogP contribution in [0.25, 0.3) is 21.3 Å². The van der Waals surface area contributed by atoms with Gasteiger partial charge in [-0.2, -0.15) is 0 Å². The van der Waals surface area contributed by atoms with Crippen molar-refractivity contribution >= 4 is 40.0 Å². The van der Waals surface area contributed by atoms with Gasteiger partial charge in [-0.05, 0) is 42.3 Å². The molecule has 1 aliphatic rings. The predicted molar refractivity (Wildman–Crippen MR) is 105 cm³/mol. The zero-order valence-electron chi connectivity index (χ0n) is 14.2. The molecule has 1 aromatic carbocycles. The van der Waals surface area contributed by atoms with Crippen LogP contribution in [0.2, 0.25) is 0 Å². The number of aryl methyl sites for hydroxylation is 1. The number of nitrogens with zero attached hydrogens (tertiary/aromatic N) is 1. The second kappa shape index (κ2) is 6.93. The molecule has 1 N–H and O–H groups in total. The van der Waals surface area contributed by atoms with Crippen LogP contribution in [0, 0.1) is 5.82 Å². The fourth-order valence-corrected chi connectivity index (χ4v) is 5.53. The van der Waals surface area contributed by atoms with Crippen molar-refractivity contribution in [2.45, 2.75) is 37.1 Å². The average molecular weight is 388 g/mol. The number of carboxylic acid groups (broad SMARTS) is 1. The Morgan fingerprint density at radius 2 is 2.35 bits per heavy atom. The zero-order valence-corrected chi connectivity index (χ0v) is 15.9. The summed E-state index contributed by atoms with van der Waals surface area (Å²) in [5.41, 5.74) is 2.79. The summed E-state index contributed by atoms with van der Waals surface area (Å²) in [5.74, 6) is -1.09. The van der Waals surface area contributed by atoms with Crippen LogP contribution in [0.4, 0.5) is 4.39 Å². The molecule has 134 valence electrons. The molecule has 0 saturated carbocycles. The molecule has 1 unspecified atom stereocenters. The van der Waals surface area contributed by atoms with Gasteiger partial charge < -0.3 is 9.67 Å². The molecule has 0 amide bonds. The molecule has 0 aliphatic carbocycles. The van der Waals surface area contributed by atoms with Gasteiger partial charge in [0.1, 0.15) is 5.82 Å². The van der Waals surface area contributed by atoms with E-state index in [2.05, 4.69) is 4.57 Å². The Hall–Kier alpha value is -2.05. The molecule has 3 nitrogen and oxygen atoms in total. The topological polar surface area (TPSA) is 42.2 Å². The summed E-state index contributed by atoms with van der Waals surface area (Å²) in [6.45, 7) is 2.69. The van der Waals surface area contributed by atoms with Gasteiger partial charge in [-0.3, -0.25) is 4.79 Å². The van der Waals surface area contributed by atoms with E-state index in [4.69, 9.17) is 0 Å². The van der Waals surface area contributed by atoms with Crippen molar-refractivity contribution in [3.05, 3.63) is 52.6 Å². The van der Waals surface area contributed by atoms with E-state index < -0.39 is 5.97 Å². The minimum Gasteiger partial charge on any atom is -0.481 e. The van der Waals surface area contributed by atoms with Crippen LogP contribution in [0.3, 0.4) is 0 Å². The quantitative estimate of drug-likeness (QED) is 0.538. The Morgan fingerprint density at radius 3 is 3.04 bits per heavy atom. The fourth-order valence-electron chi connectivity index (χ4n) is 3.78. The largest absolute Gasteiger partial charge is 0.481 e. The number of allylic oxidation sites excluding steroid dienone is 1. The molecule has 1 aliphatic heterocycles. The first-order valence-electron chi connectivity index (χ1n) is 8.49. The Balaban J connectivity index is 2.02. The average Bonchev–Trinajstić information content (AvgIpc) is 3.30. The number of hydrogen-bond donors (Lipinski definition) is 1. The number of fused-ring (bicyclic) bond motifs is 3. The first-order valence-corrected chi connectivity index (χ1v) is 10.2. The van der Waals surface area contributed by atoms with E-state index in [0.717, 1.165) is 44.9 Å². The van der Waals surface area contributed by atoms with Gasteiger partial charge in [-0.1, -0.05) is 23.9 Å². The number of halogens is 1. The third kappa shape index (κ3) is 2.87. The van der Waals surface area contributed by atoms with E-state index in [1.165, 1.54) is 0 Å². The van der Waals surface area contributed by atoms with Crippen LogP contribution in [0.1, 0.15) is 31.4 Å². The van der Waals surface area contributed by atoms with E-state index in [1.54, 1.807) is 35.2 Å². The van der Waals surface area contributed by atoms with Crippen LogP contribution in [0.15, 0.2) is 46.0 Å². The highest BCUT2D eigenvalue weighted by atomic mass is 32.2. The molecule has 1 atom stereocenters. The van der Waals surface area contributed by atoms with Crippen molar-refractivity contribution in [2.24, 2.45) is 0 Å². The number of rotatable bonds is 5. The molecule has 4 rings (SSSR count). The second-order valence-electron chi connectivity index (χ2n) is 6.36. The summed E-state index contributed by atoms with van der Waals surface area (Å²) in [5, 5.41) is 14.3. The summed E-state index contributed by atoms with van der Waals surface area (Å²) in [4.78, 5) is 13.4. The number of aromatic nitrogens is 1. The summed E-state index contributed by atoms with van der Waals surface area (Å²) in [6, 6.07) is 7.14. The molecule has 0 radical (unpaired) electrons. The number of benzene rings is 1. The van der Waals surface area contributed by atoms with Crippen LogP contribution >= 0.6 is 23.1 Å². The molecule has 6 heteroatoms. The van der Waals surface area contributed by atoms with Gasteiger partial charge in [0.25, 0.3) is 0 Å². The van der Waals surface area contributed by atoms with E-state index in [0.29, 0.717) is 0 Å². The van der Waals surface area contributed by atoms with E-state index in [-0.39, 0.29) is 18.2 Å². The van der Waals surface area contributed by atoms with E-state index >= 15 is 0 Å². The minimum atomic E-state index is -0.791. The van der Waals surface area contributed by atoms with Crippen LogP contribution in [0.5, 0.6) is 0 Å². The van der Waals surface area contributed by atoms with Crippen LogP contribution < -0.4 is 0 Å². The van der Waals surface area contributed by atoms with Gasteiger partial charge >= 0.3 is 5.97 Å². The lowest BCUT2D eigenvalue weighted by Crippen LogP contribution is -2.04. The lowest BCUT2D eigenvalue weighted by atomic mass is 9.99. The molecule has 0 bridgehead atoms. The van der Waals surface area contributed by atoms with Crippen molar-refractivity contribution in [1.82, 2.24) is 4.57 Å².